The third-order valence-corrected chi connectivity index (χ3v) is 4.89. The van der Waals surface area contributed by atoms with E-state index < -0.39 is 0 Å². The molecule has 1 amide bonds. The van der Waals surface area contributed by atoms with Gasteiger partial charge in [-0.05, 0) is 32.2 Å². The number of aryl methyl sites for hydroxylation is 1. The number of nitrogens with zero attached hydrogens (tertiary/aromatic N) is 3. The van der Waals surface area contributed by atoms with Crippen molar-refractivity contribution in [3.63, 3.8) is 0 Å². The molecule has 0 aliphatic carbocycles. The minimum absolute atomic E-state index is 0.0216. The van der Waals surface area contributed by atoms with Crippen LogP contribution in [0.25, 0.3) is 0 Å². The lowest BCUT2D eigenvalue weighted by Crippen LogP contribution is -2.48. The Bertz CT molecular complexity index is 625. The molecule has 1 aromatic rings. The van der Waals surface area contributed by atoms with E-state index in [2.05, 4.69) is 20.2 Å². The zero-order valence-electron chi connectivity index (χ0n) is 16.0. The molecule has 2 saturated heterocycles. The Kier molecular flexibility index (Phi) is 6.09. The second-order valence-corrected chi connectivity index (χ2v) is 8.00. The molecule has 2 fully saturated rings. The summed E-state index contributed by atoms with van der Waals surface area (Å²) in [7, 11) is 0. The number of aromatic nitrogens is 2. The molecule has 144 valence electrons. The topological polar surface area (TPSA) is 76.6 Å². The lowest BCUT2D eigenvalue weighted by molar-refractivity contribution is -0.0536. The Morgan fingerprint density at radius 2 is 2.35 bits per heavy atom. The van der Waals surface area contributed by atoms with Crippen LogP contribution in [-0.4, -0.2) is 58.9 Å². The number of likely N-dealkylation sites (tertiary alicyclic amines) is 1. The minimum atomic E-state index is -0.341. The summed E-state index contributed by atoms with van der Waals surface area (Å²) in [5.41, 5.74) is 1.76. The van der Waals surface area contributed by atoms with E-state index in [0.29, 0.717) is 19.1 Å². The molecule has 2 aliphatic heterocycles. The number of carbonyl (C=O) groups is 1. The molecule has 1 spiro atoms. The SMILES string of the molecule is Cc1cncc(CN2CCCC3(CC(NC(=O)OCC(C)C)CO3)C2)n1. The number of nitrogens with one attached hydrogen (secondary N) is 1. The molecule has 0 saturated carbocycles. The third kappa shape index (κ3) is 5.14. The van der Waals surface area contributed by atoms with Gasteiger partial charge in [-0.15, -0.1) is 0 Å². The molecule has 1 aromatic heterocycles. The highest BCUT2D eigenvalue weighted by Crippen LogP contribution is 2.35. The predicted molar refractivity (Wildman–Crippen MR) is 97.7 cm³/mol. The summed E-state index contributed by atoms with van der Waals surface area (Å²) in [6.07, 6.45) is 6.22. The summed E-state index contributed by atoms with van der Waals surface area (Å²) < 4.78 is 11.4. The number of hydrogen-bond donors (Lipinski definition) is 1. The first kappa shape index (κ1) is 19.0. The fourth-order valence-corrected chi connectivity index (χ4v) is 3.82. The van der Waals surface area contributed by atoms with Crippen LogP contribution in [0, 0.1) is 12.8 Å². The van der Waals surface area contributed by atoms with Crippen LogP contribution in [0.1, 0.15) is 44.5 Å². The van der Waals surface area contributed by atoms with Crippen molar-refractivity contribution in [1.82, 2.24) is 20.2 Å². The summed E-state index contributed by atoms with van der Waals surface area (Å²) in [6, 6.07) is 0.0216. The number of amides is 1. The second kappa shape index (κ2) is 8.31. The average Bonchev–Trinajstić information content (AvgIpc) is 2.95. The van der Waals surface area contributed by atoms with Gasteiger partial charge in [0.2, 0.25) is 0 Å². The van der Waals surface area contributed by atoms with Crippen LogP contribution in [0.5, 0.6) is 0 Å². The molecule has 1 N–H and O–H groups in total. The molecule has 2 unspecified atom stereocenters. The Morgan fingerprint density at radius 3 is 3.12 bits per heavy atom. The number of piperidine rings is 1. The third-order valence-electron chi connectivity index (χ3n) is 4.89. The van der Waals surface area contributed by atoms with Crippen LogP contribution in [0.2, 0.25) is 0 Å². The van der Waals surface area contributed by atoms with Gasteiger partial charge in [-0.25, -0.2) is 4.79 Å². The molecule has 3 rings (SSSR count). The maximum atomic E-state index is 11.9. The van der Waals surface area contributed by atoms with E-state index >= 15 is 0 Å². The van der Waals surface area contributed by atoms with Crippen LogP contribution < -0.4 is 5.32 Å². The molecule has 0 radical (unpaired) electrons. The van der Waals surface area contributed by atoms with Crippen LogP contribution in [0.3, 0.4) is 0 Å². The molecule has 7 heteroatoms. The van der Waals surface area contributed by atoms with Crippen molar-refractivity contribution in [1.29, 1.82) is 0 Å². The van der Waals surface area contributed by atoms with Gasteiger partial charge in [-0.2, -0.15) is 0 Å². The molecule has 7 nitrogen and oxygen atoms in total. The van der Waals surface area contributed by atoms with Gasteiger partial charge in [-0.1, -0.05) is 13.8 Å². The van der Waals surface area contributed by atoms with Gasteiger partial charge in [0.25, 0.3) is 0 Å². The van der Waals surface area contributed by atoms with Crippen molar-refractivity contribution in [3.8, 4) is 0 Å². The summed E-state index contributed by atoms with van der Waals surface area (Å²) in [4.78, 5) is 23.1. The predicted octanol–water partition coefficient (Wildman–Crippen LogP) is 2.29. The first-order chi connectivity index (χ1) is 12.4. The van der Waals surface area contributed by atoms with E-state index in [0.717, 1.165) is 50.3 Å². The maximum Gasteiger partial charge on any atom is 0.407 e. The molecular formula is C19H30N4O3. The van der Waals surface area contributed by atoms with Gasteiger partial charge in [0.15, 0.2) is 0 Å². The van der Waals surface area contributed by atoms with Crippen molar-refractivity contribution in [2.24, 2.45) is 5.92 Å². The van der Waals surface area contributed by atoms with Gasteiger partial charge >= 0.3 is 6.09 Å². The van der Waals surface area contributed by atoms with Gasteiger partial charge in [-0.3, -0.25) is 14.9 Å². The lowest BCUT2D eigenvalue weighted by Gasteiger charge is -2.39. The Balaban J connectivity index is 1.51. The Morgan fingerprint density at radius 1 is 1.50 bits per heavy atom. The Labute approximate surface area is 155 Å². The van der Waals surface area contributed by atoms with Crippen LogP contribution in [0.4, 0.5) is 4.79 Å². The second-order valence-electron chi connectivity index (χ2n) is 8.00. The fraction of sp³-hybridized carbons (Fsp3) is 0.737. The highest BCUT2D eigenvalue weighted by atomic mass is 16.6. The Hall–Kier alpha value is -1.73. The number of carbonyl (C=O) groups excluding carboxylic acids is 1. The highest BCUT2D eigenvalue weighted by molar-refractivity contribution is 5.67. The number of hydrogen-bond acceptors (Lipinski definition) is 6. The van der Waals surface area contributed by atoms with Gasteiger partial charge in [0, 0.05) is 31.9 Å². The lowest BCUT2D eigenvalue weighted by atomic mass is 9.88. The number of ether oxygens (including phenoxy) is 2. The van der Waals surface area contributed by atoms with Gasteiger partial charge in [0.05, 0.1) is 36.2 Å². The summed E-state index contributed by atoms with van der Waals surface area (Å²) in [5.74, 6) is 0.337. The van der Waals surface area contributed by atoms with Crippen LogP contribution in [-0.2, 0) is 16.0 Å². The smallest absolute Gasteiger partial charge is 0.407 e. The van der Waals surface area contributed by atoms with Crippen molar-refractivity contribution < 1.29 is 14.3 Å². The quantitative estimate of drug-likeness (QED) is 0.866. The van der Waals surface area contributed by atoms with Crippen molar-refractivity contribution >= 4 is 6.09 Å². The van der Waals surface area contributed by atoms with Crippen molar-refractivity contribution in [2.75, 3.05) is 26.3 Å². The summed E-state index contributed by atoms with van der Waals surface area (Å²) in [6.45, 7) is 9.69. The highest BCUT2D eigenvalue weighted by Gasteiger charge is 2.44. The van der Waals surface area contributed by atoms with Gasteiger partial charge < -0.3 is 14.8 Å². The summed E-state index contributed by atoms with van der Waals surface area (Å²) in [5, 5.41) is 2.95. The summed E-state index contributed by atoms with van der Waals surface area (Å²) >= 11 is 0. The van der Waals surface area contributed by atoms with E-state index in [-0.39, 0.29) is 17.7 Å². The largest absolute Gasteiger partial charge is 0.449 e. The van der Waals surface area contributed by atoms with E-state index in [1.165, 1.54) is 0 Å². The van der Waals surface area contributed by atoms with Crippen LogP contribution in [0.15, 0.2) is 12.4 Å². The molecule has 26 heavy (non-hydrogen) atoms. The monoisotopic (exact) mass is 362 g/mol. The van der Waals surface area contributed by atoms with Crippen molar-refractivity contribution in [2.45, 2.75) is 58.2 Å². The maximum absolute atomic E-state index is 11.9. The molecule has 2 aliphatic rings. The van der Waals surface area contributed by atoms with Gasteiger partial charge in [0.1, 0.15) is 0 Å². The van der Waals surface area contributed by atoms with Crippen molar-refractivity contribution in [3.05, 3.63) is 23.8 Å². The average molecular weight is 362 g/mol. The fourth-order valence-electron chi connectivity index (χ4n) is 3.82. The standard InChI is InChI=1S/C19H30N4O3/c1-14(2)11-25-18(24)22-16-7-19(26-12-16)5-4-6-23(13-19)10-17-9-20-8-15(3)21-17/h8-9,14,16H,4-7,10-13H2,1-3H3,(H,22,24). The van der Waals surface area contributed by atoms with E-state index in [1.807, 2.05) is 27.0 Å². The normalized spacial score (nSPS) is 26.4. The first-order valence-electron chi connectivity index (χ1n) is 9.51. The molecule has 3 heterocycles. The first-order valence-corrected chi connectivity index (χ1v) is 9.51. The molecule has 0 bridgehead atoms. The molecule has 2 atom stereocenters. The molecular weight excluding hydrogens is 332 g/mol. The van der Waals surface area contributed by atoms with Crippen LogP contribution >= 0.6 is 0 Å². The zero-order chi connectivity index (χ0) is 18.6. The molecule has 0 aromatic carbocycles. The number of alkyl carbamates (subject to hydrolysis) is 1. The number of rotatable bonds is 5. The van der Waals surface area contributed by atoms with E-state index in [4.69, 9.17) is 9.47 Å². The minimum Gasteiger partial charge on any atom is -0.449 e. The zero-order valence-corrected chi connectivity index (χ0v) is 16.0. The van der Waals surface area contributed by atoms with E-state index in [9.17, 15) is 4.79 Å². The van der Waals surface area contributed by atoms with E-state index in [1.54, 1.807) is 6.20 Å².